The third-order valence-corrected chi connectivity index (χ3v) is 8.12. The summed E-state index contributed by atoms with van der Waals surface area (Å²) in [4.78, 5) is 0. The van der Waals surface area contributed by atoms with Gasteiger partial charge in [0.1, 0.15) is 7.05 Å². The van der Waals surface area contributed by atoms with E-state index in [0.29, 0.717) is 5.41 Å². The van der Waals surface area contributed by atoms with Crippen LogP contribution in [-0.4, -0.2) is 0 Å². The van der Waals surface area contributed by atoms with E-state index in [4.69, 9.17) is 0 Å². The fraction of sp³-hybridized carbons (Fsp3) is 0.433. The number of nitrogens with zero attached hydrogens (tertiary/aromatic N) is 1. The lowest BCUT2D eigenvalue weighted by atomic mass is 9.71. The molecule has 5 rings (SSSR count). The van der Waals surface area contributed by atoms with Crippen molar-refractivity contribution in [3.63, 3.8) is 0 Å². The Hall–Kier alpha value is -2.41. The van der Waals surface area contributed by atoms with Crippen molar-refractivity contribution in [2.75, 3.05) is 0 Å². The summed E-state index contributed by atoms with van der Waals surface area (Å²) in [5.74, 6) is 0.737. The molecule has 0 amide bonds. The van der Waals surface area contributed by atoms with Gasteiger partial charge in [-0.3, -0.25) is 0 Å². The molecule has 0 spiro atoms. The van der Waals surface area contributed by atoms with Crippen molar-refractivity contribution in [2.45, 2.75) is 72.6 Å². The fourth-order valence-electron chi connectivity index (χ4n) is 5.89. The summed E-state index contributed by atoms with van der Waals surface area (Å²) in [6.07, 6.45) is 8.70. The van der Waals surface area contributed by atoms with Crippen LogP contribution in [0.5, 0.6) is 0 Å². The van der Waals surface area contributed by atoms with Gasteiger partial charge in [0.15, 0.2) is 6.20 Å². The summed E-state index contributed by atoms with van der Waals surface area (Å²) in [7, 11) is 2.19. The van der Waals surface area contributed by atoms with Crippen LogP contribution in [0.15, 0.2) is 42.6 Å². The third-order valence-electron chi connectivity index (χ3n) is 8.12. The van der Waals surface area contributed by atoms with Crippen molar-refractivity contribution >= 4 is 0 Å². The van der Waals surface area contributed by atoms with Crippen LogP contribution in [0.3, 0.4) is 0 Å². The van der Waals surface area contributed by atoms with E-state index in [1.165, 1.54) is 75.9 Å². The minimum Gasteiger partial charge on any atom is -0.201 e. The topological polar surface area (TPSA) is 3.88 Å². The average Bonchev–Trinajstić information content (AvgIpc) is 3.08. The monoisotopic (exact) mass is 410 g/mol. The molecule has 0 aliphatic heterocycles. The molecular weight excluding hydrogens is 374 g/mol. The largest absolute Gasteiger partial charge is 0.213 e. The van der Waals surface area contributed by atoms with Gasteiger partial charge >= 0.3 is 0 Å². The van der Waals surface area contributed by atoms with E-state index in [-0.39, 0.29) is 0 Å². The molecule has 1 heteroatoms. The molecule has 3 aromatic rings. The molecule has 2 aliphatic carbocycles. The Morgan fingerprint density at radius 1 is 0.839 bits per heavy atom. The van der Waals surface area contributed by atoms with Crippen molar-refractivity contribution in [3.8, 4) is 22.4 Å². The average molecular weight is 411 g/mol. The lowest BCUT2D eigenvalue weighted by Gasteiger charge is -2.34. The summed E-state index contributed by atoms with van der Waals surface area (Å²) in [6, 6.07) is 14.4. The van der Waals surface area contributed by atoms with Gasteiger partial charge in [0.05, 0.1) is 5.56 Å². The van der Waals surface area contributed by atoms with Gasteiger partial charge < -0.3 is 0 Å². The first-order valence-corrected chi connectivity index (χ1v) is 12.0. The van der Waals surface area contributed by atoms with Crippen LogP contribution in [0.2, 0.25) is 0 Å². The van der Waals surface area contributed by atoms with Crippen molar-refractivity contribution in [3.05, 3.63) is 76.0 Å². The Kier molecular flexibility index (Phi) is 4.84. The molecule has 0 unspecified atom stereocenters. The van der Waals surface area contributed by atoms with Gasteiger partial charge in [-0.15, -0.1) is 0 Å². The maximum atomic E-state index is 2.54. The standard InChI is InChI=1S/C30H36N/c1-19-7-9-26-25-10-8-23(22-11-13-30(4,5)14-12-22)16-24(25)17-27(26)29(19)28-15-20(2)21(3)18-31(28)6/h7-10,15-16,18,22H,11-14,17H2,1-6H3/q+1. The van der Waals surface area contributed by atoms with E-state index >= 15 is 0 Å². The molecule has 0 atom stereocenters. The number of hydrogen-bond acceptors (Lipinski definition) is 0. The van der Waals surface area contributed by atoms with Crippen LogP contribution < -0.4 is 4.57 Å². The van der Waals surface area contributed by atoms with Crippen LogP contribution in [-0.2, 0) is 13.5 Å². The van der Waals surface area contributed by atoms with Gasteiger partial charge in [0, 0.05) is 11.6 Å². The van der Waals surface area contributed by atoms with Crippen molar-refractivity contribution < 1.29 is 4.57 Å². The minimum absolute atomic E-state index is 0.525. The van der Waals surface area contributed by atoms with Crippen molar-refractivity contribution in [2.24, 2.45) is 12.5 Å². The van der Waals surface area contributed by atoms with Crippen LogP contribution in [0.4, 0.5) is 0 Å². The molecule has 0 N–H and O–H groups in total. The maximum absolute atomic E-state index is 2.54. The Bertz CT molecular complexity index is 1170. The molecule has 1 fully saturated rings. The number of pyridine rings is 1. The van der Waals surface area contributed by atoms with Crippen molar-refractivity contribution in [1.82, 2.24) is 0 Å². The summed E-state index contributed by atoms with van der Waals surface area (Å²) in [5, 5.41) is 0. The smallest absolute Gasteiger partial charge is 0.201 e. The summed E-state index contributed by atoms with van der Waals surface area (Å²) < 4.78 is 2.31. The Labute approximate surface area is 188 Å². The highest BCUT2D eigenvalue weighted by Gasteiger charge is 2.30. The number of rotatable bonds is 2. The van der Waals surface area contributed by atoms with Crippen LogP contribution in [0.25, 0.3) is 22.4 Å². The molecule has 1 aromatic heterocycles. The zero-order chi connectivity index (χ0) is 21.9. The number of benzene rings is 2. The highest BCUT2D eigenvalue weighted by atomic mass is 14.9. The van der Waals surface area contributed by atoms with Crippen LogP contribution >= 0.6 is 0 Å². The lowest BCUT2D eigenvalue weighted by molar-refractivity contribution is -0.660. The van der Waals surface area contributed by atoms with Gasteiger partial charge in [-0.25, -0.2) is 4.57 Å². The van der Waals surface area contributed by atoms with E-state index in [1.807, 2.05) is 0 Å². The van der Waals surface area contributed by atoms with E-state index in [9.17, 15) is 0 Å². The molecular formula is C30H36N+. The SMILES string of the molecule is Cc1cc(-c2c(C)ccc3c2Cc2cc(C4CCC(C)(C)CC4)ccc2-3)[n+](C)cc1C. The summed E-state index contributed by atoms with van der Waals surface area (Å²) >= 11 is 0. The Balaban J connectivity index is 1.55. The zero-order valence-corrected chi connectivity index (χ0v) is 20.1. The molecule has 1 nitrogen and oxygen atoms in total. The number of hydrogen-bond donors (Lipinski definition) is 0. The second-order valence-electron chi connectivity index (χ2n) is 11.0. The summed E-state index contributed by atoms with van der Waals surface area (Å²) in [5.41, 5.74) is 14.9. The van der Waals surface area contributed by atoms with Gasteiger partial charge in [-0.2, -0.15) is 0 Å². The normalized spacial score (nSPS) is 17.5. The zero-order valence-electron chi connectivity index (χ0n) is 20.1. The predicted octanol–water partition coefficient (Wildman–Crippen LogP) is 7.36. The first kappa shape index (κ1) is 20.5. The highest BCUT2D eigenvalue weighted by Crippen LogP contribution is 2.46. The Morgan fingerprint density at radius 3 is 2.29 bits per heavy atom. The van der Waals surface area contributed by atoms with Gasteiger partial charge in [-0.1, -0.05) is 44.2 Å². The molecule has 31 heavy (non-hydrogen) atoms. The van der Waals surface area contributed by atoms with Gasteiger partial charge in [0.25, 0.3) is 0 Å². The van der Waals surface area contributed by atoms with Crippen molar-refractivity contribution in [1.29, 1.82) is 0 Å². The molecule has 2 aliphatic rings. The van der Waals surface area contributed by atoms with Gasteiger partial charge in [0.2, 0.25) is 5.69 Å². The molecule has 160 valence electrons. The maximum Gasteiger partial charge on any atom is 0.213 e. The second kappa shape index (κ2) is 7.33. The molecule has 2 aromatic carbocycles. The van der Waals surface area contributed by atoms with E-state index < -0.39 is 0 Å². The predicted molar refractivity (Wildman–Crippen MR) is 130 cm³/mol. The molecule has 1 heterocycles. The number of aryl methyl sites for hydroxylation is 4. The van der Waals surface area contributed by atoms with Gasteiger partial charge in [-0.05, 0) is 103 Å². The number of aromatic nitrogens is 1. The van der Waals surface area contributed by atoms with Crippen LogP contribution in [0, 0.1) is 26.2 Å². The fourth-order valence-corrected chi connectivity index (χ4v) is 5.89. The quantitative estimate of drug-likeness (QED) is 0.304. The molecule has 0 saturated heterocycles. The highest BCUT2D eigenvalue weighted by molar-refractivity contribution is 5.85. The molecule has 1 saturated carbocycles. The van der Waals surface area contributed by atoms with Crippen LogP contribution in [0.1, 0.15) is 78.8 Å². The lowest BCUT2D eigenvalue weighted by Crippen LogP contribution is -2.32. The molecule has 0 radical (unpaired) electrons. The first-order chi connectivity index (χ1) is 14.7. The number of fused-ring (bicyclic) bond motifs is 3. The summed E-state index contributed by atoms with van der Waals surface area (Å²) in [6.45, 7) is 11.6. The first-order valence-electron chi connectivity index (χ1n) is 12.0. The second-order valence-corrected chi connectivity index (χ2v) is 11.0. The third kappa shape index (κ3) is 3.53. The minimum atomic E-state index is 0.525. The molecule has 0 bridgehead atoms. The van der Waals surface area contributed by atoms with E-state index in [1.54, 1.807) is 5.56 Å². The van der Waals surface area contributed by atoms with E-state index in [2.05, 4.69) is 88.8 Å². The van der Waals surface area contributed by atoms with E-state index in [0.717, 1.165) is 12.3 Å². The Morgan fingerprint density at radius 2 is 1.55 bits per heavy atom.